The van der Waals surface area contributed by atoms with Crippen LogP contribution in [0.5, 0.6) is 5.75 Å². The van der Waals surface area contributed by atoms with Crippen LogP contribution in [-0.4, -0.2) is 57.3 Å². The minimum atomic E-state index is -3.67. The van der Waals surface area contributed by atoms with Crippen LogP contribution in [0.25, 0.3) is 0 Å². The van der Waals surface area contributed by atoms with Crippen LogP contribution in [0.15, 0.2) is 29.2 Å². The van der Waals surface area contributed by atoms with Crippen LogP contribution in [-0.2, 0) is 14.8 Å². The van der Waals surface area contributed by atoms with Gasteiger partial charge >= 0.3 is 0 Å². The average molecular weight is 326 g/mol. The highest BCUT2D eigenvalue weighted by molar-refractivity contribution is 7.89. The monoisotopic (exact) mass is 326 g/mol. The second-order valence-corrected chi connectivity index (χ2v) is 7.42. The van der Waals surface area contributed by atoms with E-state index in [1.807, 2.05) is 0 Å². The highest BCUT2D eigenvalue weighted by Gasteiger charge is 2.25. The minimum Gasteiger partial charge on any atom is -0.497 e. The molecule has 0 spiro atoms. The number of carbonyl (C=O) groups excluding carboxylic acids is 1. The van der Waals surface area contributed by atoms with Crippen LogP contribution in [0.3, 0.4) is 0 Å². The van der Waals surface area contributed by atoms with Gasteiger partial charge in [-0.1, -0.05) is 0 Å². The fraction of sp³-hybridized carbons (Fsp3) is 0.533. The third-order valence-corrected chi connectivity index (χ3v) is 5.65. The molecule has 122 valence electrons. The Kier molecular flexibility index (Phi) is 5.42. The molecule has 2 rings (SSSR count). The summed E-state index contributed by atoms with van der Waals surface area (Å²) in [4.78, 5) is 14.1. The zero-order valence-corrected chi connectivity index (χ0v) is 13.8. The molecule has 1 heterocycles. The van der Waals surface area contributed by atoms with E-state index in [-0.39, 0.29) is 17.3 Å². The van der Waals surface area contributed by atoms with E-state index >= 15 is 0 Å². The number of methoxy groups -OCH3 is 1. The van der Waals surface area contributed by atoms with Crippen molar-refractivity contribution in [1.29, 1.82) is 0 Å². The zero-order valence-electron chi connectivity index (χ0n) is 13.0. The van der Waals surface area contributed by atoms with E-state index in [1.54, 1.807) is 17.0 Å². The normalized spacial score (nSPS) is 15.9. The van der Waals surface area contributed by atoms with E-state index in [1.165, 1.54) is 26.3 Å². The Bertz CT molecular complexity index is 607. The van der Waals surface area contributed by atoms with Crippen molar-refractivity contribution in [3.8, 4) is 5.75 Å². The smallest absolute Gasteiger partial charge is 0.243 e. The number of hydrogen-bond acceptors (Lipinski definition) is 4. The Labute approximate surface area is 131 Å². The van der Waals surface area contributed by atoms with E-state index in [0.717, 1.165) is 36.7 Å². The van der Waals surface area contributed by atoms with Crippen molar-refractivity contribution >= 4 is 15.9 Å². The van der Waals surface area contributed by atoms with Gasteiger partial charge in [-0.2, -0.15) is 4.31 Å². The van der Waals surface area contributed by atoms with Gasteiger partial charge in [-0.05, 0) is 43.5 Å². The number of hydrogen-bond donors (Lipinski definition) is 0. The molecular formula is C15H22N2O4S. The first-order chi connectivity index (χ1) is 10.4. The van der Waals surface area contributed by atoms with Gasteiger partial charge in [0, 0.05) is 20.1 Å². The summed E-state index contributed by atoms with van der Waals surface area (Å²) in [5.74, 6) is 0.449. The van der Waals surface area contributed by atoms with E-state index in [9.17, 15) is 13.2 Å². The average Bonchev–Trinajstić information content (AvgIpc) is 2.55. The molecule has 6 nitrogen and oxygen atoms in total. The molecule has 1 aliphatic heterocycles. The largest absolute Gasteiger partial charge is 0.497 e. The van der Waals surface area contributed by atoms with Crippen molar-refractivity contribution in [2.75, 3.05) is 33.8 Å². The molecule has 0 atom stereocenters. The number of benzene rings is 1. The van der Waals surface area contributed by atoms with Gasteiger partial charge in [-0.15, -0.1) is 0 Å². The summed E-state index contributed by atoms with van der Waals surface area (Å²) < 4.78 is 31.0. The summed E-state index contributed by atoms with van der Waals surface area (Å²) in [5.41, 5.74) is 0. The third kappa shape index (κ3) is 3.78. The molecule has 0 aromatic heterocycles. The van der Waals surface area contributed by atoms with Gasteiger partial charge in [-0.25, -0.2) is 8.42 Å². The van der Waals surface area contributed by atoms with Crippen molar-refractivity contribution in [2.45, 2.75) is 24.2 Å². The number of ether oxygens (including phenoxy) is 1. The molecule has 0 unspecified atom stereocenters. The van der Waals surface area contributed by atoms with Crippen molar-refractivity contribution < 1.29 is 17.9 Å². The number of likely N-dealkylation sites (tertiary alicyclic amines) is 1. The molecule has 0 N–H and O–H groups in total. The standard InChI is InChI=1S/C15H22N2O4S/c1-16(12-15(18)17-10-4-3-5-11-17)22(19,20)14-8-6-13(21-2)7-9-14/h6-9H,3-5,10-12H2,1-2H3. The van der Waals surface area contributed by atoms with Gasteiger partial charge in [0.05, 0.1) is 18.6 Å². The maximum Gasteiger partial charge on any atom is 0.243 e. The number of sulfonamides is 1. The number of carbonyl (C=O) groups is 1. The van der Waals surface area contributed by atoms with E-state index in [2.05, 4.69) is 0 Å². The number of rotatable bonds is 5. The molecule has 1 fully saturated rings. The molecule has 0 radical (unpaired) electrons. The maximum absolute atomic E-state index is 12.5. The molecule has 1 aliphatic rings. The topological polar surface area (TPSA) is 66.9 Å². The van der Waals surface area contributed by atoms with Crippen LogP contribution in [0, 0.1) is 0 Å². The minimum absolute atomic E-state index is 0.131. The molecule has 0 bridgehead atoms. The maximum atomic E-state index is 12.5. The SMILES string of the molecule is COc1ccc(S(=O)(=O)N(C)CC(=O)N2CCCCC2)cc1. The summed E-state index contributed by atoms with van der Waals surface area (Å²) in [6.45, 7) is 1.30. The lowest BCUT2D eigenvalue weighted by molar-refractivity contribution is -0.132. The Morgan fingerprint density at radius 1 is 1.18 bits per heavy atom. The predicted octanol–water partition coefficient (Wildman–Crippen LogP) is 1.33. The van der Waals surface area contributed by atoms with Gasteiger partial charge in [0.15, 0.2) is 0 Å². The first-order valence-electron chi connectivity index (χ1n) is 7.33. The lowest BCUT2D eigenvalue weighted by Crippen LogP contribution is -2.43. The molecule has 1 saturated heterocycles. The Balaban J connectivity index is 2.05. The fourth-order valence-electron chi connectivity index (χ4n) is 2.45. The van der Waals surface area contributed by atoms with Crippen molar-refractivity contribution in [3.63, 3.8) is 0 Å². The second kappa shape index (κ2) is 7.11. The molecule has 0 saturated carbocycles. The van der Waals surface area contributed by atoms with Crippen LogP contribution in [0.2, 0.25) is 0 Å². The van der Waals surface area contributed by atoms with Gasteiger partial charge in [0.25, 0.3) is 0 Å². The highest BCUT2D eigenvalue weighted by Crippen LogP contribution is 2.19. The highest BCUT2D eigenvalue weighted by atomic mass is 32.2. The Morgan fingerprint density at radius 3 is 2.32 bits per heavy atom. The lowest BCUT2D eigenvalue weighted by atomic mass is 10.1. The van der Waals surface area contributed by atoms with E-state index < -0.39 is 10.0 Å². The molecule has 1 aromatic carbocycles. The van der Waals surface area contributed by atoms with Crippen LogP contribution < -0.4 is 4.74 Å². The Morgan fingerprint density at radius 2 is 1.77 bits per heavy atom. The van der Waals surface area contributed by atoms with Gasteiger partial charge in [0.2, 0.25) is 15.9 Å². The second-order valence-electron chi connectivity index (χ2n) is 5.38. The number of nitrogens with zero attached hydrogens (tertiary/aromatic N) is 2. The van der Waals surface area contributed by atoms with Crippen molar-refractivity contribution in [2.24, 2.45) is 0 Å². The summed E-state index contributed by atoms with van der Waals surface area (Å²) in [5, 5.41) is 0. The van der Waals surface area contributed by atoms with Gasteiger partial charge in [-0.3, -0.25) is 4.79 Å². The molecule has 0 aliphatic carbocycles. The molecule has 7 heteroatoms. The molecule has 1 amide bonds. The summed E-state index contributed by atoms with van der Waals surface area (Å²) in [6.07, 6.45) is 3.10. The summed E-state index contributed by atoms with van der Waals surface area (Å²) >= 11 is 0. The van der Waals surface area contributed by atoms with Gasteiger partial charge in [0.1, 0.15) is 5.75 Å². The summed E-state index contributed by atoms with van der Waals surface area (Å²) in [6, 6.07) is 6.15. The number of likely N-dealkylation sites (N-methyl/N-ethyl adjacent to an activating group) is 1. The van der Waals surface area contributed by atoms with Crippen molar-refractivity contribution in [1.82, 2.24) is 9.21 Å². The lowest BCUT2D eigenvalue weighted by Gasteiger charge is -2.28. The fourth-order valence-corrected chi connectivity index (χ4v) is 3.57. The quantitative estimate of drug-likeness (QED) is 0.819. The Hall–Kier alpha value is -1.60. The van der Waals surface area contributed by atoms with Crippen LogP contribution >= 0.6 is 0 Å². The van der Waals surface area contributed by atoms with E-state index in [0.29, 0.717) is 5.75 Å². The first kappa shape index (κ1) is 16.8. The number of piperidine rings is 1. The van der Waals surface area contributed by atoms with Crippen molar-refractivity contribution in [3.05, 3.63) is 24.3 Å². The number of amides is 1. The molecule has 22 heavy (non-hydrogen) atoms. The first-order valence-corrected chi connectivity index (χ1v) is 8.77. The predicted molar refractivity (Wildman–Crippen MR) is 83.2 cm³/mol. The van der Waals surface area contributed by atoms with E-state index in [4.69, 9.17) is 4.74 Å². The zero-order chi connectivity index (χ0) is 16.2. The third-order valence-electron chi connectivity index (χ3n) is 3.83. The molecular weight excluding hydrogens is 304 g/mol. The van der Waals surface area contributed by atoms with Gasteiger partial charge < -0.3 is 9.64 Å². The van der Waals surface area contributed by atoms with Crippen LogP contribution in [0.1, 0.15) is 19.3 Å². The van der Waals surface area contributed by atoms with Crippen LogP contribution in [0.4, 0.5) is 0 Å². The molecule has 1 aromatic rings. The summed E-state index contributed by atoms with van der Waals surface area (Å²) in [7, 11) is -0.715.